The Labute approximate surface area is 150 Å². The first-order valence-corrected chi connectivity index (χ1v) is 9.27. The molecule has 0 radical (unpaired) electrons. The van der Waals surface area contributed by atoms with Crippen molar-refractivity contribution in [2.75, 3.05) is 0 Å². The van der Waals surface area contributed by atoms with Crippen LogP contribution in [0, 0.1) is 27.7 Å². The zero-order chi connectivity index (χ0) is 17.9. The van der Waals surface area contributed by atoms with Crippen LogP contribution in [0.1, 0.15) is 47.7 Å². The van der Waals surface area contributed by atoms with Gasteiger partial charge in [-0.2, -0.15) is 0 Å². The molecule has 0 saturated heterocycles. The summed E-state index contributed by atoms with van der Waals surface area (Å²) in [5.74, 6) is 0.0747. The fraction of sp³-hybridized carbons (Fsp3) is 0.381. The fourth-order valence-electron chi connectivity index (χ4n) is 2.73. The molecule has 1 amide bonds. The summed E-state index contributed by atoms with van der Waals surface area (Å²) < 4.78 is 0. The Morgan fingerprint density at radius 3 is 2.12 bits per heavy atom. The second-order valence-corrected chi connectivity index (χ2v) is 8.01. The van der Waals surface area contributed by atoms with E-state index in [1.54, 1.807) is 11.8 Å². The Bertz CT molecular complexity index is 721. The molecule has 3 heteroatoms. The zero-order valence-electron chi connectivity index (χ0n) is 15.4. The summed E-state index contributed by atoms with van der Waals surface area (Å²) in [6.07, 6.45) is 0. The predicted octanol–water partition coefficient (Wildman–Crippen LogP) is 5.28. The Morgan fingerprint density at radius 2 is 1.50 bits per heavy atom. The number of thioether (sulfide) groups is 1. The van der Waals surface area contributed by atoms with Gasteiger partial charge in [0.2, 0.25) is 5.91 Å². The molecule has 0 fully saturated rings. The van der Waals surface area contributed by atoms with Gasteiger partial charge in [-0.15, -0.1) is 11.8 Å². The van der Waals surface area contributed by atoms with Crippen LogP contribution in [0.2, 0.25) is 0 Å². The van der Waals surface area contributed by atoms with Gasteiger partial charge in [-0.25, -0.2) is 0 Å². The average Bonchev–Trinajstić information content (AvgIpc) is 2.52. The normalized spacial score (nSPS) is 13.4. The van der Waals surface area contributed by atoms with Crippen molar-refractivity contribution in [1.82, 2.24) is 5.32 Å². The molecule has 2 rings (SSSR count). The van der Waals surface area contributed by atoms with Gasteiger partial charge in [-0.05, 0) is 75.9 Å². The van der Waals surface area contributed by atoms with E-state index in [0.717, 1.165) is 4.90 Å². The molecule has 0 spiro atoms. The fourth-order valence-corrected chi connectivity index (χ4v) is 3.61. The molecule has 0 saturated carbocycles. The maximum atomic E-state index is 12.5. The van der Waals surface area contributed by atoms with E-state index in [4.69, 9.17) is 0 Å². The molecular formula is C21H27NOS. The second-order valence-electron chi connectivity index (χ2n) is 6.60. The van der Waals surface area contributed by atoms with Gasteiger partial charge in [-0.3, -0.25) is 4.79 Å². The highest BCUT2D eigenvalue weighted by Crippen LogP contribution is 2.25. The highest BCUT2D eigenvalue weighted by atomic mass is 32.2. The molecule has 2 aromatic carbocycles. The van der Waals surface area contributed by atoms with Crippen LogP contribution in [0.15, 0.2) is 41.3 Å². The van der Waals surface area contributed by atoms with Crippen molar-refractivity contribution in [3.8, 4) is 0 Å². The number of hydrogen-bond donors (Lipinski definition) is 1. The third-order valence-electron chi connectivity index (χ3n) is 4.41. The third kappa shape index (κ3) is 4.64. The van der Waals surface area contributed by atoms with E-state index >= 15 is 0 Å². The Kier molecular flexibility index (Phi) is 6.11. The summed E-state index contributed by atoms with van der Waals surface area (Å²) in [6, 6.07) is 12.7. The number of carbonyl (C=O) groups excluding carboxylic acids is 1. The summed E-state index contributed by atoms with van der Waals surface area (Å²) in [7, 11) is 0. The minimum Gasteiger partial charge on any atom is -0.349 e. The van der Waals surface area contributed by atoms with Gasteiger partial charge in [0.05, 0.1) is 11.3 Å². The average molecular weight is 342 g/mol. The molecule has 0 heterocycles. The molecule has 2 nitrogen and oxygen atoms in total. The number of benzene rings is 2. The van der Waals surface area contributed by atoms with Crippen LogP contribution in [0.4, 0.5) is 0 Å². The summed E-state index contributed by atoms with van der Waals surface area (Å²) in [6.45, 7) is 12.4. The molecule has 2 aromatic rings. The van der Waals surface area contributed by atoms with E-state index in [0.29, 0.717) is 0 Å². The van der Waals surface area contributed by atoms with Crippen LogP contribution in [-0.4, -0.2) is 11.2 Å². The van der Waals surface area contributed by atoms with Crippen LogP contribution in [0.5, 0.6) is 0 Å². The van der Waals surface area contributed by atoms with Crippen molar-refractivity contribution in [3.63, 3.8) is 0 Å². The number of amides is 1. The molecule has 0 aromatic heterocycles. The van der Waals surface area contributed by atoms with Gasteiger partial charge in [0.15, 0.2) is 0 Å². The van der Waals surface area contributed by atoms with Gasteiger partial charge in [0.25, 0.3) is 0 Å². The van der Waals surface area contributed by atoms with E-state index in [1.807, 2.05) is 6.92 Å². The van der Waals surface area contributed by atoms with Gasteiger partial charge in [0.1, 0.15) is 0 Å². The molecule has 0 aliphatic heterocycles. The van der Waals surface area contributed by atoms with Gasteiger partial charge in [0, 0.05) is 4.90 Å². The van der Waals surface area contributed by atoms with Crippen LogP contribution in [0.3, 0.4) is 0 Å². The lowest BCUT2D eigenvalue weighted by Crippen LogP contribution is -2.33. The van der Waals surface area contributed by atoms with Gasteiger partial charge in [-0.1, -0.05) is 29.8 Å². The van der Waals surface area contributed by atoms with Crippen LogP contribution in [0.25, 0.3) is 0 Å². The number of carbonyl (C=O) groups is 1. The summed E-state index contributed by atoms with van der Waals surface area (Å²) in [5.41, 5.74) is 6.20. The number of hydrogen-bond acceptors (Lipinski definition) is 2. The molecule has 0 aliphatic rings. The molecule has 2 atom stereocenters. The van der Waals surface area contributed by atoms with Crippen molar-refractivity contribution < 1.29 is 4.79 Å². The third-order valence-corrected chi connectivity index (χ3v) is 5.52. The lowest BCUT2D eigenvalue weighted by molar-refractivity contribution is -0.120. The number of nitrogens with one attached hydrogen (secondary N) is 1. The molecular weight excluding hydrogens is 314 g/mol. The Balaban J connectivity index is 2.03. The molecule has 0 aliphatic carbocycles. The molecule has 24 heavy (non-hydrogen) atoms. The maximum Gasteiger partial charge on any atom is 0.233 e. The number of rotatable bonds is 5. The first kappa shape index (κ1) is 18.6. The van der Waals surface area contributed by atoms with Gasteiger partial charge >= 0.3 is 0 Å². The maximum absolute atomic E-state index is 12.5. The summed E-state index contributed by atoms with van der Waals surface area (Å²) in [4.78, 5) is 13.7. The lowest BCUT2D eigenvalue weighted by atomic mass is 9.96. The summed E-state index contributed by atoms with van der Waals surface area (Å²) in [5, 5.41) is 3.03. The van der Waals surface area contributed by atoms with E-state index in [1.165, 1.54) is 27.8 Å². The molecule has 0 bridgehead atoms. The predicted molar refractivity (Wildman–Crippen MR) is 104 cm³/mol. The highest BCUT2D eigenvalue weighted by molar-refractivity contribution is 8.00. The first-order valence-electron chi connectivity index (χ1n) is 8.39. The van der Waals surface area contributed by atoms with Crippen molar-refractivity contribution in [2.45, 2.75) is 57.7 Å². The smallest absolute Gasteiger partial charge is 0.233 e. The monoisotopic (exact) mass is 341 g/mol. The van der Waals surface area contributed by atoms with E-state index in [-0.39, 0.29) is 17.2 Å². The molecule has 0 unspecified atom stereocenters. The van der Waals surface area contributed by atoms with Crippen molar-refractivity contribution in [2.24, 2.45) is 0 Å². The van der Waals surface area contributed by atoms with Crippen molar-refractivity contribution >= 4 is 17.7 Å². The van der Waals surface area contributed by atoms with E-state index in [2.05, 4.69) is 76.3 Å². The minimum atomic E-state index is -0.123. The molecule has 1 N–H and O–H groups in total. The minimum absolute atomic E-state index is 0.0119. The first-order chi connectivity index (χ1) is 11.3. The van der Waals surface area contributed by atoms with Gasteiger partial charge < -0.3 is 5.32 Å². The topological polar surface area (TPSA) is 29.1 Å². The highest BCUT2D eigenvalue weighted by Gasteiger charge is 2.18. The van der Waals surface area contributed by atoms with E-state index < -0.39 is 0 Å². The van der Waals surface area contributed by atoms with Crippen LogP contribution in [-0.2, 0) is 4.79 Å². The van der Waals surface area contributed by atoms with Crippen LogP contribution >= 0.6 is 11.8 Å². The van der Waals surface area contributed by atoms with Crippen molar-refractivity contribution in [3.05, 3.63) is 64.2 Å². The SMILES string of the molecule is Cc1ccc(S[C@@H](C)C(=O)N[C@H](C)c2cc(C)c(C)cc2C)cc1. The van der Waals surface area contributed by atoms with Crippen LogP contribution < -0.4 is 5.32 Å². The quantitative estimate of drug-likeness (QED) is 0.750. The molecule has 128 valence electrons. The standard InChI is InChI=1S/C21H27NOS/c1-13-7-9-19(10-8-13)24-18(6)21(23)22-17(5)20-12-15(3)14(2)11-16(20)4/h7-12,17-18H,1-6H3,(H,22,23)/t17-,18+/m1/s1. The summed E-state index contributed by atoms with van der Waals surface area (Å²) >= 11 is 1.60. The number of aryl methyl sites for hydroxylation is 4. The Hall–Kier alpha value is -1.74. The van der Waals surface area contributed by atoms with Crippen molar-refractivity contribution in [1.29, 1.82) is 0 Å². The largest absolute Gasteiger partial charge is 0.349 e. The lowest BCUT2D eigenvalue weighted by Gasteiger charge is -2.20. The van der Waals surface area contributed by atoms with E-state index in [9.17, 15) is 4.79 Å². The zero-order valence-corrected chi connectivity index (χ0v) is 16.3. The Morgan fingerprint density at radius 1 is 0.917 bits per heavy atom. The second kappa shape index (κ2) is 7.89.